The SMILES string of the molecule is C.CC1(C)c2ccccc2-c2c(N(c3cccc(-n4c5ccc(-c6ccccc6)cc5c5cc(-c6ccccc6)ccc54)c3)c3cccc4c3C(C)(C)c3ccccc3-4)cccc21. The summed E-state index contributed by atoms with van der Waals surface area (Å²) < 4.78 is 2.47. The Morgan fingerprint density at radius 1 is 0.381 bits per heavy atom. The molecule has 1 aromatic heterocycles. The van der Waals surface area contributed by atoms with Crippen LogP contribution in [0.5, 0.6) is 0 Å². The van der Waals surface area contributed by atoms with Gasteiger partial charge in [0.15, 0.2) is 0 Å². The van der Waals surface area contributed by atoms with Crippen LogP contribution in [0.2, 0.25) is 0 Å². The van der Waals surface area contributed by atoms with Gasteiger partial charge in [0, 0.05) is 38.5 Å². The highest BCUT2D eigenvalue weighted by molar-refractivity contribution is 6.12. The van der Waals surface area contributed by atoms with Gasteiger partial charge in [-0.1, -0.05) is 187 Å². The van der Waals surface area contributed by atoms with Gasteiger partial charge in [0.05, 0.1) is 22.4 Å². The molecule has 9 aromatic carbocycles. The van der Waals surface area contributed by atoms with Crippen molar-refractivity contribution < 1.29 is 0 Å². The second-order valence-corrected chi connectivity index (χ2v) is 18.1. The maximum absolute atomic E-state index is 2.57. The molecule has 0 atom stereocenters. The summed E-state index contributed by atoms with van der Waals surface area (Å²) in [6.45, 7) is 9.55. The first-order valence-corrected chi connectivity index (χ1v) is 21.9. The molecule has 2 nitrogen and oxygen atoms in total. The molecule has 10 aromatic rings. The topological polar surface area (TPSA) is 8.17 Å². The Hall–Kier alpha value is -7.42. The number of benzene rings is 9. The Kier molecular flexibility index (Phi) is 8.75. The van der Waals surface area contributed by atoms with Gasteiger partial charge >= 0.3 is 0 Å². The van der Waals surface area contributed by atoms with E-state index in [1.54, 1.807) is 0 Å². The number of hydrogen-bond donors (Lipinski definition) is 0. The molecular formula is C61H50N2. The van der Waals surface area contributed by atoms with Crippen LogP contribution in [0.15, 0.2) is 206 Å². The predicted molar refractivity (Wildman–Crippen MR) is 268 cm³/mol. The van der Waals surface area contributed by atoms with Crippen molar-refractivity contribution in [3.8, 4) is 50.2 Å². The van der Waals surface area contributed by atoms with Crippen LogP contribution in [0.25, 0.3) is 72.0 Å². The van der Waals surface area contributed by atoms with E-state index in [2.05, 4.69) is 243 Å². The van der Waals surface area contributed by atoms with Crippen molar-refractivity contribution in [1.82, 2.24) is 4.57 Å². The lowest BCUT2D eigenvalue weighted by Gasteiger charge is -2.34. The highest BCUT2D eigenvalue weighted by atomic mass is 15.2. The maximum Gasteiger partial charge on any atom is 0.0543 e. The monoisotopic (exact) mass is 810 g/mol. The Morgan fingerprint density at radius 2 is 0.889 bits per heavy atom. The third kappa shape index (κ3) is 5.71. The first-order valence-electron chi connectivity index (χ1n) is 21.9. The van der Waals surface area contributed by atoms with Gasteiger partial charge in [-0.05, 0) is 116 Å². The summed E-state index contributed by atoms with van der Waals surface area (Å²) in [4.78, 5) is 2.57. The molecule has 0 spiro atoms. The first-order chi connectivity index (χ1) is 30.3. The number of fused-ring (bicyclic) bond motifs is 9. The predicted octanol–water partition coefficient (Wildman–Crippen LogP) is 16.8. The molecule has 2 heteroatoms. The van der Waals surface area contributed by atoms with Crippen LogP contribution in [-0.2, 0) is 10.8 Å². The lowest BCUT2D eigenvalue weighted by Crippen LogP contribution is -2.21. The van der Waals surface area contributed by atoms with Crippen LogP contribution in [-0.4, -0.2) is 4.57 Å². The molecule has 0 saturated carbocycles. The molecule has 0 bridgehead atoms. The van der Waals surface area contributed by atoms with Crippen molar-refractivity contribution >= 4 is 38.9 Å². The molecule has 0 amide bonds. The molecular weight excluding hydrogens is 761 g/mol. The third-order valence-corrected chi connectivity index (χ3v) is 14.0. The zero-order chi connectivity index (χ0) is 41.7. The number of rotatable bonds is 6. The van der Waals surface area contributed by atoms with E-state index in [0.717, 1.165) is 11.4 Å². The fraction of sp³-hybridized carbons (Fsp3) is 0.115. The van der Waals surface area contributed by atoms with Crippen molar-refractivity contribution in [2.75, 3.05) is 4.90 Å². The Labute approximate surface area is 371 Å². The van der Waals surface area contributed by atoms with Crippen LogP contribution in [0.3, 0.4) is 0 Å². The molecule has 0 aliphatic heterocycles. The molecule has 12 rings (SSSR count). The maximum atomic E-state index is 2.57. The first kappa shape index (κ1) is 38.5. The van der Waals surface area contributed by atoms with Gasteiger partial charge in [0.1, 0.15) is 0 Å². The van der Waals surface area contributed by atoms with E-state index >= 15 is 0 Å². The van der Waals surface area contributed by atoms with E-state index in [9.17, 15) is 0 Å². The molecule has 0 unspecified atom stereocenters. The second kappa shape index (κ2) is 14.3. The molecule has 2 aliphatic rings. The number of anilines is 3. The van der Waals surface area contributed by atoms with Crippen LogP contribution in [0, 0.1) is 0 Å². The van der Waals surface area contributed by atoms with Crippen LogP contribution >= 0.6 is 0 Å². The fourth-order valence-corrected chi connectivity index (χ4v) is 11.0. The largest absolute Gasteiger partial charge is 0.309 e. The zero-order valence-corrected chi connectivity index (χ0v) is 35.5. The highest BCUT2D eigenvalue weighted by Crippen LogP contribution is 2.58. The van der Waals surface area contributed by atoms with Crippen molar-refractivity contribution in [2.24, 2.45) is 0 Å². The zero-order valence-electron chi connectivity index (χ0n) is 35.5. The summed E-state index contributed by atoms with van der Waals surface area (Å²) >= 11 is 0. The van der Waals surface area contributed by atoms with Gasteiger partial charge in [-0.2, -0.15) is 0 Å². The summed E-state index contributed by atoms with van der Waals surface area (Å²) in [5.74, 6) is 0. The van der Waals surface area contributed by atoms with E-state index in [0.29, 0.717) is 0 Å². The normalized spacial score (nSPS) is 13.8. The number of aromatic nitrogens is 1. The molecule has 2 aliphatic carbocycles. The Bertz CT molecular complexity index is 3310. The van der Waals surface area contributed by atoms with E-state index in [4.69, 9.17) is 0 Å². The molecule has 0 radical (unpaired) electrons. The van der Waals surface area contributed by atoms with E-state index < -0.39 is 0 Å². The molecule has 0 N–H and O–H groups in total. The van der Waals surface area contributed by atoms with Crippen LogP contribution in [0.4, 0.5) is 17.1 Å². The summed E-state index contributed by atoms with van der Waals surface area (Å²) in [6.07, 6.45) is 0. The van der Waals surface area contributed by atoms with Crippen molar-refractivity contribution in [2.45, 2.75) is 46.0 Å². The fourth-order valence-electron chi connectivity index (χ4n) is 11.0. The van der Waals surface area contributed by atoms with Crippen molar-refractivity contribution in [3.05, 3.63) is 229 Å². The van der Waals surface area contributed by atoms with E-state index in [-0.39, 0.29) is 18.3 Å². The van der Waals surface area contributed by atoms with Crippen molar-refractivity contribution in [1.29, 1.82) is 0 Å². The van der Waals surface area contributed by atoms with Crippen molar-refractivity contribution in [3.63, 3.8) is 0 Å². The van der Waals surface area contributed by atoms with Gasteiger partial charge in [0.2, 0.25) is 0 Å². The molecule has 0 fully saturated rings. The number of nitrogens with zero attached hydrogens (tertiary/aromatic N) is 2. The van der Waals surface area contributed by atoms with E-state index in [1.807, 2.05) is 0 Å². The molecule has 0 saturated heterocycles. The average Bonchev–Trinajstić information content (AvgIpc) is 3.86. The lowest BCUT2D eigenvalue weighted by atomic mass is 9.81. The summed E-state index contributed by atoms with van der Waals surface area (Å²) in [7, 11) is 0. The minimum Gasteiger partial charge on any atom is -0.309 e. The average molecular weight is 811 g/mol. The van der Waals surface area contributed by atoms with Crippen LogP contribution in [0.1, 0.15) is 57.4 Å². The second-order valence-electron chi connectivity index (χ2n) is 18.1. The van der Waals surface area contributed by atoms with Gasteiger partial charge < -0.3 is 9.47 Å². The Balaban J connectivity index is 0.00000444. The standard InChI is InChI=1S/C60H46N2.CH4/c1-59(2)51-28-14-12-25-47(51)57-52(59)29-17-30-55(57)62(56-31-16-26-46-45-24-11-13-27-50(45)60(3,4)58(46)56)44-23-15-22-43(38-44)61-53-34-32-41(39-18-7-5-8-19-39)36-48(53)49-37-42(33-35-54(49)61)40-20-9-6-10-21-40;/h5-38H,1-4H3;1H4. The summed E-state index contributed by atoms with van der Waals surface area (Å²) in [6, 6.07) is 76.5. The van der Waals surface area contributed by atoms with Crippen LogP contribution < -0.4 is 4.90 Å². The Morgan fingerprint density at radius 3 is 1.54 bits per heavy atom. The molecule has 1 heterocycles. The smallest absolute Gasteiger partial charge is 0.0543 e. The number of hydrogen-bond acceptors (Lipinski definition) is 1. The molecule has 63 heavy (non-hydrogen) atoms. The van der Waals surface area contributed by atoms with Gasteiger partial charge in [-0.25, -0.2) is 0 Å². The minimum absolute atomic E-state index is 0. The highest BCUT2D eigenvalue weighted by Gasteiger charge is 2.41. The van der Waals surface area contributed by atoms with Gasteiger partial charge in [-0.3, -0.25) is 0 Å². The lowest BCUT2D eigenvalue weighted by molar-refractivity contribution is 0.659. The quantitative estimate of drug-likeness (QED) is 0.162. The minimum atomic E-state index is -0.215. The summed E-state index contributed by atoms with van der Waals surface area (Å²) in [5, 5.41) is 2.48. The third-order valence-electron chi connectivity index (χ3n) is 14.0. The van der Waals surface area contributed by atoms with E-state index in [1.165, 1.54) is 99.9 Å². The van der Waals surface area contributed by atoms with Gasteiger partial charge in [0.25, 0.3) is 0 Å². The van der Waals surface area contributed by atoms with Gasteiger partial charge in [-0.15, -0.1) is 0 Å². The summed E-state index contributed by atoms with van der Waals surface area (Å²) in [5.41, 5.74) is 22.2. The molecule has 304 valence electrons.